The van der Waals surface area contributed by atoms with Gasteiger partial charge in [-0.25, -0.2) is 4.79 Å². The maximum atomic E-state index is 12.7. The van der Waals surface area contributed by atoms with Crippen LogP contribution >= 0.6 is 0 Å². The van der Waals surface area contributed by atoms with Gasteiger partial charge in [-0.15, -0.1) is 0 Å². The van der Waals surface area contributed by atoms with E-state index in [9.17, 15) is 18.0 Å². The molecule has 0 bridgehead atoms. The van der Waals surface area contributed by atoms with Crippen molar-refractivity contribution < 1.29 is 23.1 Å². The third kappa shape index (κ3) is 2.54. The van der Waals surface area contributed by atoms with Crippen molar-refractivity contribution in [2.24, 2.45) is 0 Å². The van der Waals surface area contributed by atoms with Crippen molar-refractivity contribution in [1.29, 1.82) is 5.26 Å². The standard InChI is InChI=1S/C13H11F3N2O2/c14-13(15,16)10-4-3-9(6-8(10)7-17)18-5-1-2-11(18)12(19)20/h3-4,6,11H,1-2,5H2,(H,19,20). The molecular weight excluding hydrogens is 273 g/mol. The number of halogens is 3. The Labute approximate surface area is 113 Å². The molecule has 1 unspecified atom stereocenters. The highest BCUT2D eigenvalue weighted by molar-refractivity contribution is 5.79. The van der Waals surface area contributed by atoms with E-state index >= 15 is 0 Å². The summed E-state index contributed by atoms with van der Waals surface area (Å²) in [4.78, 5) is 12.6. The SMILES string of the molecule is N#Cc1cc(N2CCCC2C(=O)O)ccc1C(F)(F)F. The molecule has 106 valence electrons. The minimum atomic E-state index is -4.60. The fourth-order valence-electron chi connectivity index (χ4n) is 2.38. The topological polar surface area (TPSA) is 64.3 Å². The van der Waals surface area contributed by atoms with E-state index in [0.717, 1.165) is 12.1 Å². The van der Waals surface area contributed by atoms with Crippen molar-refractivity contribution in [2.75, 3.05) is 11.4 Å². The molecule has 20 heavy (non-hydrogen) atoms. The Bertz CT molecular complexity index is 578. The molecule has 0 aliphatic carbocycles. The highest BCUT2D eigenvalue weighted by Gasteiger charge is 2.35. The minimum absolute atomic E-state index is 0.333. The minimum Gasteiger partial charge on any atom is -0.480 e. The van der Waals surface area contributed by atoms with Gasteiger partial charge < -0.3 is 10.0 Å². The van der Waals surface area contributed by atoms with Gasteiger partial charge in [0.1, 0.15) is 6.04 Å². The molecule has 1 aromatic carbocycles. The largest absolute Gasteiger partial charge is 0.480 e. The van der Waals surface area contributed by atoms with Crippen molar-refractivity contribution in [3.8, 4) is 6.07 Å². The van der Waals surface area contributed by atoms with E-state index in [1.807, 2.05) is 0 Å². The molecule has 1 aliphatic heterocycles. The summed E-state index contributed by atoms with van der Waals surface area (Å²) < 4.78 is 38.1. The summed E-state index contributed by atoms with van der Waals surface area (Å²) in [5.41, 5.74) is -1.17. The lowest BCUT2D eigenvalue weighted by Crippen LogP contribution is -2.35. The van der Waals surface area contributed by atoms with Crippen LogP contribution in [0.25, 0.3) is 0 Å². The van der Waals surface area contributed by atoms with Gasteiger partial charge in [-0.2, -0.15) is 18.4 Å². The van der Waals surface area contributed by atoms with E-state index in [1.54, 1.807) is 0 Å². The predicted molar refractivity (Wildman–Crippen MR) is 64.2 cm³/mol. The Morgan fingerprint density at radius 3 is 2.70 bits per heavy atom. The van der Waals surface area contributed by atoms with Crippen LogP contribution in [0, 0.1) is 11.3 Å². The van der Waals surface area contributed by atoms with Crippen LogP contribution in [0.2, 0.25) is 0 Å². The molecule has 1 N–H and O–H groups in total. The van der Waals surface area contributed by atoms with E-state index < -0.39 is 29.3 Å². The summed E-state index contributed by atoms with van der Waals surface area (Å²) in [5, 5.41) is 17.9. The Hall–Kier alpha value is -2.23. The van der Waals surface area contributed by atoms with Crippen LogP contribution in [0.15, 0.2) is 18.2 Å². The molecule has 1 aromatic rings. The third-order valence-corrected chi connectivity index (χ3v) is 3.30. The van der Waals surface area contributed by atoms with E-state index in [-0.39, 0.29) is 0 Å². The first-order chi connectivity index (χ1) is 9.34. The van der Waals surface area contributed by atoms with Crippen molar-refractivity contribution >= 4 is 11.7 Å². The number of carboxylic acids is 1. The Morgan fingerprint density at radius 2 is 2.15 bits per heavy atom. The lowest BCUT2D eigenvalue weighted by atomic mass is 10.1. The highest BCUT2D eigenvalue weighted by Crippen LogP contribution is 2.35. The number of hydrogen-bond donors (Lipinski definition) is 1. The van der Waals surface area contributed by atoms with E-state index in [2.05, 4.69) is 0 Å². The van der Waals surface area contributed by atoms with Gasteiger partial charge in [-0.05, 0) is 31.0 Å². The van der Waals surface area contributed by atoms with Crippen LogP contribution in [-0.2, 0) is 11.0 Å². The lowest BCUT2D eigenvalue weighted by molar-refractivity contribution is -0.139. The number of carbonyl (C=O) groups is 1. The van der Waals surface area contributed by atoms with Crippen LogP contribution in [-0.4, -0.2) is 23.7 Å². The molecule has 0 radical (unpaired) electrons. The van der Waals surface area contributed by atoms with Gasteiger partial charge in [-0.1, -0.05) is 0 Å². The smallest absolute Gasteiger partial charge is 0.417 e. The average Bonchev–Trinajstić information content (AvgIpc) is 2.86. The summed E-state index contributed by atoms with van der Waals surface area (Å²) in [6.07, 6.45) is -3.50. The highest BCUT2D eigenvalue weighted by atomic mass is 19.4. The molecule has 0 aromatic heterocycles. The number of nitrogens with zero attached hydrogens (tertiary/aromatic N) is 2. The van der Waals surface area contributed by atoms with Crippen LogP contribution in [0.1, 0.15) is 24.0 Å². The quantitative estimate of drug-likeness (QED) is 0.906. The number of nitriles is 1. The molecule has 0 amide bonds. The van der Waals surface area contributed by atoms with Gasteiger partial charge in [0.2, 0.25) is 0 Å². The average molecular weight is 284 g/mol. The lowest BCUT2D eigenvalue weighted by Gasteiger charge is -2.24. The van der Waals surface area contributed by atoms with Crippen molar-refractivity contribution in [2.45, 2.75) is 25.1 Å². The predicted octanol–water partition coefficient (Wildman–Crippen LogP) is 2.63. The second-order valence-electron chi connectivity index (χ2n) is 4.53. The number of alkyl halides is 3. The molecule has 4 nitrogen and oxygen atoms in total. The van der Waals surface area contributed by atoms with Crippen LogP contribution in [0.3, 0.4) is 0 Å². The van der Waals surface area contributed by atoms with Gasteiger partial charge >= 0.3 is 12.1 Å². The zero-order valence-corrected chi connectivity index (χ0v) is 10.3. The third-order valence-electron chi connectivity index (χ3n) is 3.30. The molecule has 1 heterocycles. The molecular formula is C13H11F3N2O2. The zero-order valence-electron chi connectivity index (χ0n) is 10.3. The Balaban J connectivity index is 2.40. The zero-order chi connectivity index (χ0) is 14.9. The summed E-state index contributed by atoms with van der Waals surface area (Å²) in [6.45, 7) is 0.452. The van der Waals surface area contributed by atoms with Gasteiger partial charge in [0.15, 0.2) is 0 Å². The first-order valence-electron chi connectivity index (χ1n) is 5.95. The van der Waals surface area contributed by atoms with Crippen LogP contribution < -0.4 is 4.90 Å². The normalized spacial score (nSPS) is 18.9. The number of rotatable bonds is 2. The number of aliphatic carboxylic acids is 1. The Morgan fingerprint density at radius 1 is 1.45 bits per heavy atom. The second kappa shape index (κ2) is 5.04. The molecule has 1 atom stereocenters. The van der Waals surface area contributed by atoms with Gasteiger partial charge in [0, 0.05) is 12.2 Å². The summed E-state index contributed by atoms with van der Waals surface area (Å²) >= 11 is 0. The first kappa shape index (κ1) is 14.2. The van der Waals surface area contributed by atoms with E-state index in [4.69, 9.17) is 10.4 Å². The van der Waals surface area contributed by atoms with Gasteiger partial charge in [-0.3, -0.25) is 0 Å². The molecule has 1 aliphatic rings. The van der Waals surface area contributed by atoms with Crippen molar-refractivity contribution in [3.05, 3.63) is 29.3 Å². The Kier molecular flexibility index (Phi) is 3.57. The maximum Gasteiger partial charge on any atom is 0.417 e. The molecule has 2 rings (SSSR count). The number of anilines is 1. The molecule has 1 fully saturated rings. The number of hydrogen-bond acceptors (Lipinski definition) is 3. The molecule has 1 saturated heterocycles. The number of carboxylic acid groups (broad SMARTS) is 1. The van der Waals surface area contributed by atoms with Crippen LogP contribution in [0.4, 0.5) is 18.9 Å². The fourth-order valence-corrected chi connectivity index (χ4v) is 2.38. The van der Waals surface area contributed by atoms with Crippen LogP contribution in [0.5, 0.6) is 0 Å². The van der Waals surface area contributed by atoms with Crippen molar-refractivity contribution in [3.63, 3.8) is 0 Å². The summed E-state index contributed by atoms with van der Waals surface area (Å²) in [5.74, 6) is -1.01. The maximum absolute atomic E-state index is 12.7. The van der Waals surface area contributed by atoms with Gasteiger partial charge in [0.25, 0.3) is 0 Å². The first-order valence-corrected chi connectivity index (χ1v) is 5.95. The fraction of sp³-hybridized carbons (Fsp3) is 0.385. The summed E-state index contributed by atoms with van der Waals surface area (Å²) in [6, 6.07) is 3.90. The molecule has 0 spiro atoms. The monoisotopic (exact) mass is 284 g/mol. The summed E-state index contributed by atoms with van der Waals surface area (Å²) in [7, 11) is 0. The van der Waals surface area contributed by atoms with E-state index in [0.29, 0.717) is 25.1 Å². The van der Waals surface area contributed by atoms with Gasteiger partial charge in [0.05, 0.1) is 17.2 Å². The molecule has 7 heteroatoms. The second-order valence-corrected chi connectivity index (χ2v) is 4.53. The van der Waals surface area contributed by atoms with E-state index in [1.165, 1.54) is 17.0 Å². The molecule has 0 saturated carbocycles. The van der Waals surface area contributed by atoms with Crippen molar-refractivity contribution in [1.82, 2.24) is 0 Å². The number of benzene rings is 1.